The zero-order chi connectivity index (χ0) is 10.9. The largest absolute Gasteiger partial charge is 0.336 e. The van der Waals surface area contributed by atoms with Crippen LogP contribution >= 0.6 is 22.9 Å². The molecular weight excluding hydrogens is 255 g/mol. The summed E-state index contributed by atoms with van der Waals surface area (Å²) in [5.74, 6) is 0. The van der Waals surface area contributed by atoms with Gasteiger partial charge in [0, 0.05) is 0 Å². The highest BCUT2D eigenvalue weighted by molar-refractivity contribution is 7.03. The molecule has 13 heavy (non-hydrogen) atoms. The van der Waals surface area contributed by atoms with E-state index in [9.17, 15) is 0 Å². The topological polar surface area (TPSA) is 6.48 Å². The van der Waals surface area contributed by atoms with Crippen LogP contribution in [-0.4, -0.2) is 40.7 Å². The van der Waals surface area contributed by atoms with E-state index in [0.29, 0.717) is 0 Å². The van der Waals surface area contributed by atoms with Gasteiger partial charge in [0.15, 0.2) is 0 Å². The summed E-state index contributed by atoms with van der Waals surface area (Å²) in [6.45, 7) is 11.5. The van der Waals surface area contributed by atoms with E-state index < -0.39 is 25.6 Å². The zero-order valence-corrected chi connectivity index (χ0v) is 14.3. The van der Waals surface area contributed by atoms with Gasteiger partial charge in [0.2, 0.25) is 17.4 Å². The predicted molar refractivity (Wildman–Crippen MR) is 70.7 cm³/mol. The molecule has 0 heterocycles. The Kier molecular flexibility index (Phi) is 5.20. The Morgan fingerprint density at radius 3 is 1.69 bits per heavy atom. The first-order chi connectivity index (χ1) is 5.64. The number of hydrogen-bond acceptors (Lipinski definition) is 2. The third-order valence-corrected chi connectivity index (χ3v) is 17.3. The average Bonchev–Trinajstić information content (AvgIpc) is 1.99. The Labute approximate surface area is 96.2 Å². The maximum Gasteiger partial charge on any atom is 0.207 e. The van der Waals surface area contributed by atoms with Crippen molar-refractivity contribution in [2.24, 2.45) is 0 Å². The van der Waals surface area contributed by atoms with E-state index in [1.54, 1.807) is 0 Å². The monoisotopic (exact) mass is 274 g/mol. The molecule has 0 aliphatic carbocycles. The van der Waals surface area contributed by atoms with Gasteiger partial charge in [0.05, 0.1) is 0 Å². The van der Waals surface area contributed by atoms with Crippen LogP contribution in [0.15, 0.2) is 0 Å². The lowest BCUT2D eigenvalue weighted by atomic mass is 11.6. The Bertz CT molecular complexity index is 172. The van der Waals surface area contributed by atoms with Gasteiger partial charge in [-0.25, -0.2) is 3.75 Å². The molecule has 0 radical (unpaired) electrons. The summed E-state index contributed by atoms with van der Waals surface area (Å²) in [6.07, 6.45) is 0. The lowest BCUT2D eigenvalue weighted by molar-refractivity contribution is 0.701. The van der Waals surface area contributed by atoms with Crippen molar-refractivity contribution in [3.63, 3.8) is 0 Å². The molecule has 0 aromatic heterocycles. The highest BCUT2D eigenvalue weighted by Gasteiger charge is 2.39. The van der Waals surface area contributed by atoms with E-state index in [2.05, 4.69) is 44.0 Å². The molecule has 2 nitrogen and oxygen atoms in total. The van der Waals surface area contributed by atoms with Crippen LogP contribution in [0.1, 0.15) is 0 Å². The average molecular weight is 275 g/mol. The van der Waals surface area contributed by atoms with Gasteiger partial charge in [-0.1, -0.05) is 19.6 Å². The quantitative estimate of drug-likeness (QED) is 0.441. The molecule has 0 aromatic rings. The maximum absolute atomic E-state index is 6.16. The second kappa shape index (κ2) is 4.78. The lowest BCUT2D eigenvalue weighted by Gasteiger charge is -2.45. The molecule has 0 saturated carbocycles. The van der Waals surface area contributed by atoms with Gasteiger partial charge in [-0.15, -0.1) is 0 Å². The first kappa shape index (κ1) is 14.2. The minimum atomic E-state index is -1.62. The van der Waals surface area contributed by atoms with Gasteiger partial charge in [0.25, 0.3) is 0 Å². The molecule has 0 bridgehead atoms. The summed E-state index contributed by atoms with van der Waals surface area (Å²) in [4.78, 5) is 0. The fraction of sp³-hybridized carbons (Fsp3) is 1.00. The Morgan fingerprint density at radius 1 is 1.08 bits per heavy atom. The molecule has 0 atom stereocenters. The van der Waals surface area contributed by atoms with E-state index in [0.717, 1.165) is 0 Å². The highest BCUT2D eigenvalue weighted by atomic mass is 35.6. The van der Waals surface area contributed by atoms with Crippen molar-refractivity contribution in [3.8, 4) is 0 Å². The van der Waals surface area contributed by atoms with E-state index in [1.807, 2.05) is 3.75 Å². The van der Waals surface area contributed by atoms with Crippen molar-refractivity contribution < 1.29 is 0 Å². The third kappa shape index (κ3) is 3.66. The molecule has 0 fully saturated rings. The zero-order valence-electron chi connectivity index (χ0n) is 9.36. The second-order valence-corrected chi connectivity index (χ2v) is 17.7. The standard InChI is InChI=1S/C6H20Cl2N2Si3/c1-9(12(2,3)4)13(5,6)10(7)11-8/h11H2,1-6H3. The summed E-state index contributed by atoms with van der Waals surface area (Å²) in [5, 5.41) is 0. The van der Waals surface area contributed by atoms with E-state index in [-0.39, 0.29) is 0 Å². The third-order valence-electron chi connectivity index (χ3n) is 2.53. The minimum Gasteiger partial charge on any atom is -0.336 e. The summed E-state index contributed by atoms with van der Waals surface area (Å²) >= 11 is 12.1. The van der Waals surface area contributed by atoms with Crippen LogP contribution in [0.4, 0.5) is 0 Å². The van der Waals surface area contributed by atoms with Crippen LogP contribution in [0.3, 0.4) is 0 Å². The smallest absolute Gasteiger partial charge is 0.207 e. The van der Waals surface area contributed by atoms with Gasteiger partial charge >= 0.3 is 0 Å². The summed E-state index contributed by atoms with van der Waals surface area (Å²) in [5.41, 5.74) is 0. The van der Waals surface area contributed by atoms with E-state index in [1.165, 1.54) is 0 Å². The van der Waals surface area contributed by atoms with E-state index in [4.69, 9.17) is 22.9 Å². The van der Waals surface area contributed by atoms with Crippen molar-refractivity contribution in [1.29, 1.82) is 0 Å². The molecule has 7 heteroatoms. The van der Waals surface area contributed by atoms with Crippen molar-refractivity contribution in [1.82, 2.24) is 7.98 Å². The Balaban J connectivity index is 4.63. The van der Waals surface area contributed by atoms with Crippen LogP contribution in [-0.2, 0) is 0 Å². The molecule has 0 rings (SSSR count). The molecule has 80 valence electrons. The maximum atomic E-state index is 6.16. The second-order valence-electron chi connectivity index (χ2n) is 4.71. The SMILES string of the molecule is CN([Si](C)(C)C)[Si](C)(C)N(Cl)[SiH2]Cl. The molecule has 0 aliphatic rings. The lowest BCUT2D eigenvalue weighted by Crippen LogP contribution is -2.65. The number of rotatable bonds is 4. The molecule has 0 unspecified atom stereocenters. The molecule has 0 aromatic carbocycles. The van der Waals surface area contributed by atoms with Gasteiger partial charge in [-0.05, 0) is 31.9 Å². The highest BCUT2D eigenvalue weighted by Crippen LogP contribution is 2.21. The molecule has 0 spiro atoms. The van der Waals surface area contributed by atoms with Crippen LogP contribution in [0, 0.1) is 0 Å². The molecule has 0 aliphatic heterocycles. The van der Waals surface area contributed by atoms with Crippen LogP contribution < -0.4 is 0 Å². The fourth-order valence-electron chi connectivity index (χ4n) is 1.13. The van der Waals surface area contributed by atoms with Gasteiger partial charge in [-0.2, -0.15) is 11.1 Å². The van der Waals surface area contributed by atoms with Gasteiger partial charge in [0.1, 0.15) is 8.24 Å². The fourth-order valence-corrected chi connectivity index (χ4v) is 13.8. The first-order valence-electron chi connectivity index (χ1n) is 4.37. The van der Waals surface area contributed by atoms with E-state index >= 15 is 0 Å². The summed E-state index contributed by atoms with van der Waals surface area (Å²) in [7, 11) is -1.43. The minimum absolute atomic E-state index is 0.753. The Morgan fingerprint density at radius 2 is 1.46 bits per heavy atom. The molecule has 0 amide bonds. The van der Waals surface area contributed by atoms with Crippen molar-refractivity contribution >= 4 is 48.5 Å². The number of nitrogens with zero attached hydrogens (tertiary/aromatic N) is 2. The predicted octanol–water partition coefficient (Wildman–Crippen LogP) is 2.15. The Hall–Kier alpha value is 1.15. The van der Waals surface area contributed by atoms with Gasteiger partial charge in [-0.3, -0.25) is 0 Å². The molecule has 0 N–H and O–H groups in total. The van der Waals surface area contributed by atoms with Crippen molar-refractivity contribution in [2.75, 3.05) is 7.05 Å². The van der Waals surface area contributed by atoms with Crippen LogP contribution in [0.2, 0.25) is 32.7 Å². The number of halogens is 2. The summed E-state index contributed by atoms with van der Waals surface area (Å²) < 4.78 is 4.41. The van der Waals surface area contributed by atoms with Crippen LogP contribution in [0.25, 0.3) is 0 Å². The number of hydrogen-bond donors (Lipinski definition) is 0. The van der Waals surface area contributed by atoms with Crippen molar-refractivity contribution in [3.05, 3.63) is 0 Å². The van der Waals surface area contributed by atoms with Crippen LogP contribution in [0.5, 0.6) is 0 Å². The normalized spacial score (nSPS) is 15.2. The molecule has 0 saturated heterocycles. The first-order valence-corrected chi connectivity index (χ1v) is 13.8. The molecular formula is C6H20Cl2N2Si3. The van der Waals surface area contributed by atoms with Gasteiger partial charge < -0.3 is 4.23 Å². The van der Waals surface area contributed by atoms with Crippen molar-refractivity contribution in [2.45, 2.75) is 32.7 Å². The summed E-state index contributed by atoms with van der Waals surface area (Å²) in [6, 6.07) is 0.